The van der Waals surface area contributed by atoms with Crippen LogP contribution in [0.15, 0.2) is 22.8 Å². The predicted octanol–water partition coefficient (Wildman–Crippen LogP) is 2.03. The van der Waals surface area contributed by atoms with Crippen molar-refractivity contribution in [3.63, 3.8) is 0 Å². The molecule has 2 N–H and O–H groups in total. The highest BCUT2D eigenvalue weighted by atomic mass is 79.9. The third-order valence-corrected chi connectivity index (χ3v) is 2.77. The van der Waals surface area contributed by atoms with Crippen LogP contribution < -0.4 is 5.32 Å². The number of rotatable bonds is 4. The molecule has 1 heterocycles. The minimum atomic E-state index is -0.935. The molecule has 0 aliphatic carbocycles. The van der Waals surface area contributed by atoms with Crippen molar-refractivity contribution in [1.82, 2.24) is 9.88 Å². The Balaban J connectivity index is 2.57. The number of carboxylic acid groups (broad SMARTS) is 1. The number of anilines is 1. The zero-order chi connectivity index (χ0) is 13.7. The minimum absolute atomic E-state index is 0.134. The number of amides is 2. The van der Waals surface area contributed by atoms with Gasteiger partial charge in [-0.05, 0) is 12.1 Å². The van der Waals surface area contributed by atoms with Gasteiger partial charge in [0, 0.05) is 24.3 Å². The fourth-order valence-corrected chi connectivity index (χ4v) is 1.58. The zero-order valence-electron chi connectivity index (χ0n) is 10.1. The van der Waals surface area contributed by atoms with Crippen molar-refractivity contribution in [2.24, 2.45) is 5.92 Å². The van der Waals surface area contributed by atoms with E-state index < -0.39 is 17.9 Å². The molecule has 0 saturated carbocycles. The maximum absolute atomic E-state index is 11.7. The molecular weight excluding hydrogens is 302 g/mol. The quantitative estimate of drug-likeness (QED) is 0.890. The number of carbonyl (C=O) groups excluding carboxylic acids is 1. The summed E-state index contributed by atoms with van der Waals surface area (Å²) in [6.07, 6.45) is 1.56. The molecule has 0 fully saturated rings. The fraction of sp³-hybridized carbons (Fsp3) is 0.364. The number of aliphatic carboxylic acids is 1. The highest BCUT2D eigenvalue weighted by Crippen LogP contribution is 2.13. The van der Waals surface area contributed by atoms with E-state index in [0.717, 1.165) is 4.47 Å². The summed E-state index contributed by atoms with van der Waals surface area (Å²) >= 11 is 3.27. The molecule has 6 nitrogen and oxygen atoms in total. The number of hydrogen-bond donors (Lipinski definition) is 2. The molecule has 2 amide bonds. The maximum Gasteiger partial charge on any atom is 0.322 e. The van der Waals surface area contributed by atoms with Gasteiger partial charge in [0.2, 0.25) is 0 Å². The number of nitrogens with one attached hydrogen (secondary N) is 1. The average Bonchev–Trinajstić information content (AvgIpc) is 2.28. The van der Waals surface area contributed by atoms with E-state index in [0.29, 0.717) is 5.82 Å². The number of carboxylic acids is 1. The summed E-state index contributed by atoms with van der Waals surface area (Å²) in [5.74, 6) is -1.14. The van der Waals surface area contributed by atoms with Crippen LogP contribution in [0.5, 0.6) is 0 Å². The summed E-state index contributed by atoms with van der Waals surface area (Å²) in [4.78, 5) is 27.7. The van der Waals surface area contributed by atoms with Crippen LogP contribution in [-0.4, -0.2) is 40.6 Å². The highest BCUT2D eigenvalue weighted by Gasteiger charge is 2.17. The van der Waals surface area contributed by atoms with Gasteiger partial charge in [-0.1, -0.05) is 22.9 Å². The van der Waals surface area contributed by atoms with E-state index in [2.05, 4.69) is 26.2 Å². The van der Waals surface area contributed by atoms with E-state index in [9.17, 15) is 9.59 Å². The monoisotopic (exact) mass is 315 g/mol. The summed E-state index contributed by atoms with van der Waals surface area (Å²) in [6.45, 7) is 1.68. The lowest BCUT2D eigenvalue weighted by atomic mass is 10.2. The van der Waals surface area contributed by atoms with Gasteiger partial charge in [0.1, 0.15) is 5.82 Å². The Labute approximate surface area is 113 Å². The second-order valence-corrected chi connectivity index (χ2v) is 4.82. The molecule has 0 bridgehead atoms. The smallest absolute Gasteiger partial charge is 0.322 e. The first-order chi connectivity index (χ1) is 8.40. The van der Waals surface area contributed by atoms with Crippen molar-refractivity contribution in [3.8, 4) is 0 Å². The van der Waals surface area contributed by atoms with E-state index in [1.807, 2.05) is 0 Å². The van der Waals surface area contributed by atoms with Crippen LogP contribution in [0.3, 0.4) is 0 Å². The van der Waals surface area contributed by atoms with Gasteiger partial charge in [-0.15, -0.1) is 0 Å². The first kappa shape index (κ1) is 14.4. The first-order valence-electron chi connectivity index (χ1n) is 5.26. The Morgan fingerprint density at radius 3 is 2.83 bits per heavy atom. The molecular formula is C11H14BrN3O3. The Morgan fingerprint density at radius 1 is 1.61 bits per heavy atom. The third kappa shape index (κ3) is 4.33. The van der Waals surface area contributed by atoms with Crippen molar-refractivity contribution in [2.75, 3.05) is 18.9 Å². The summed E-state index contributed by atoms with van der Waals surface area (Å²) < 4.78 is 0.800. The number of halogens is 1. The van der Waals surface area contributed by atoms with Crippen LogP contribution in [0.25, 0.3) is 0 Å². The number of pyridine rings is 1. The van der Waals surface area contributed by atoms with Gasteiger partial charge in [0.25, 0.3) is 0 Å². The topological polar surface area (TPSA) is 82.5 Å². The van der Waals surface area contributed by atoms with Crippen LogP contribution in [0.4, 0.5) is 10.6 Å². The van der Waals surface area contributed by atoms with Crippen LogP contribution in [0.2, 0.25) is 0 Å². The molecule has 98 valence electrons. The van der Waals surface area contributed by atoms with Gasteiger partial charge in [-0.2, -0.15) is 0 Å². The molecule has 1 aromatic rings. The average molecular weight is 316 g/mol. The number of hydrogen-bond acceptors (Lipinski definition) is 3. The van der Waals surface area contributed by atoms with Gasteiger partial charge in [0.05, 0.1) is 5.92 Å². The number of nitrogens with zero attached hydrogens (tertiary/aromatic N) is 2. The third-order valence-electron chi connectivity index (χ3n) is 2.27. The van der Waals surface area contributed by atoms with Gasteiger partial charge < -0.3 is 10.0 Å². The molecule has 0 radical (unpaired) electrons. The highest BCUT2D eigenvalue weighted by molar-refractivity contribution is 9.10. The van der Waals surface area contributed by atoms with Crippen LogP contribution in [0.1, 0.15) is 6.92 Å². The molecule has 18 heavy (non-hydrogen) atoms. The normalized spacial score (nSPS) is 11.7. The Kier molecular flexibility index (Phi) is 5.08. The van der Waals surface area contributed by atoms with Crippen molar-refractivity contribution < 1.29 is 14.7 Å². The Morgan fingerprint density at radius 2 is 2.28 bits per heavy atom. The van der Waals surface area contributed by atoms with Crippen LogP contribution in [0, 0.1) is 5.92 Å². The molecule has 1 atom stereocenters. The standard InChI is InChI=1S/C11H14BrN3O3/c1-7(10(16)17)6-15(2)11(18)14-9-5-8(12)3-4-13-9/h3-5,7H,6H2,1-2H3,(H,16,17)(H,13,14,18). The van der Waals surface area contributed by atoms with Crippen LogP contribution in [-0.2, 0) is 4.79 Å². The number of aromatic nitrogens is 1. The summed E-state index contributed by atoms with van der Waals surface area (Å²) in [5.41, 5.74) is 0. The van der Waals surface area contributed by atoms with E-state index >= 15 is 0 Å². The van der Waals surface area contributed by atoms with Gasteiger partial charge >= 0.3 is 12.0 Å². The molecule has 1 unspecified atom stereocenters. The van der Waals surface area contributed by atoms with Crippen molar-refractivity contribution in [3.05, 3.63) is 22.8 Å². The SMILES string of the molecule is CC(CN(C)C(=O)Nc1cc(Br)ccn1)C(=O)O. The molecule has 0 aliphatic rings. The minimum Gasteiger partial charge on any atom is -0.481 e. The molecule has 7 heteroatoms. The van der Waals surface area contributed by atoms with Crippen molar-refractivity contribution in [1.29, 1.82) is 0 Å². The van der Waals surface area contributed by atoms with E-state index in [1.54, 1.807) is 25.3 Å². The molecule has 0 saturated heterocycles. The molecule has 0 aromatic carbocycles. The number of urea groups is 1. The second kappa shape index (κ2) is 6.34. The number of carbonyl (C=O) groups is 2. The fourth-order valence-electron chi connectivity index (χ4n) is 1.25. The van der Waals surface area contributed by atoms with E-state index in [-0.39, 0.29) is 6.54 Å². The van der Waals surface area contributed by atoms with E-state index in [4.69, 9.17) is 5.11 Å². The molecule has 1 rings (SSSR count). The van der Waals surface area contributed by atoms with E-state index in [1.165, 1.54) is 11.9 Å². The maximum atomic E-state index is 11.7. The molecule has 0 spiro atoms. The van der Waals surface area contributed by atoms with Crippen molar-refractivity contribution in [2.45, 2.75) is 6.92 Å². The Bertz CT molecular complexity index is 453. The molecule has 1 aromatic heterocycles. The summed E-state index contributed by atoms with van der Waals surface area (Å²) in [5, 5.41) is 11.3. The zero-order valence-corrected chi connectivity index (χ0v) is 11.6. The van der Waals surface area contributed by atoms with Gasteiger partial charge in [-0.25, -0.2) is 9.78 Å². The lowest BCUT2D eigenvalue weighted by Gasteiger charge is -2.19. The summed E-state index contributed by atoms with van der Waals surface area (Å²) in [7, 11) is 1.53. The van der Waals surface area contributed by atoms with Crippen LogP contribution >= 0.6 is 15.9 Å². The largest absolute Gasteiger partial charge is 0.481 e. The first-order valence-corrected chi connectivity index (χ1v) is 6.06. The van der Waals surface area contributed by atoms with Gasteiger partial charge in [-0.3, -0.25) is 10.1 Å². The molecule has 0 aliphatic heterocycles. The Hall–Kier alpha value is -1.63. The van der Waals surface area contributed by atoms with Gasteiger partial charge in [0.15, 0.2) is 0 Å². The van der Waals surface area contributed by atoms with Crippen molar-refractivity contribution >= 4 is 33.7 Å². The lowest BCUT2D eigenvalue weighted by Crippen LogP contribution is -2.36. The second-order valence-electron chi connectivity index (χ2n) is 3.91. The predicted molar refractivity (Wildman–Crippen MR) is 70.4 cm³/mol. The lowest BCUT2D eigenvalue weighted by molar-refractivity contribution is -0.141. The summed E-state index contributed by atoms with van der Waals surface area (Å²) in [6, 6.07) is 3.01.